The lowest BCUT2D eigenvalue weighted by Gasteiger charge is -2.01. The summed E-state index contributed by atoms with van der Waals surface area (Å²) in [6.45, 7) is 0. The number of carbonyl (C=O) groups excluding carboxylic acids is 2. The number of nitrogens with zero attached hydrogens (tertiary/aromatic N) is 2. The monoisotopic (exact) mass is 292 g/mol. The number of amides is 4. The van der Waals surface area contributed by atoms with E-state index in [-0.39, 0.29) is 0 Å². The summed E-state index contributed by atoms with van der Waals surface area (Å²) in [7, 11) is 6.40. The van der Waals surface area contributed by atoms with E-state index in [0.29, 0.717) is 12.2 Å². The molecule has 4 amide bonds. The molecule has 0 bridgehead atoms. The molecule has 0 aliphatic heterocycles. The first-order chi connectivity index (χ1) is 8.91. The molecule has 20 heavy (non-hydrogen) atoms. The molecule has 10 nitrogen and oxygen atoms in total. The first kappa shape index (κ1) is 22.4. The lowest BCUT2D eigenvalue weighted by atomic mass is 10.5. The van der Waals surface area contributed by atoms with Crippen LogP contribution in [0.4, 0.5) is 9.59 Å². The highest BCUT2D eigenvalue weighted by Gasteiger charge is 1.89. The average molecular weight is 292 g/mol. The van der Waals surface area contributed by atoms with E-state index in [2.05, 4.69) is 0 Å². The third kappa shape index (κ3) is 29.5. The standard InChI is InChI=1S/C4H4O4.2C3H8N2O/c5-3(6)1-2-4(7)8;2*1-5(2)3(4)6/h1-2H,(H,5,6)(H,7,8);2*1-2H3,(H2,4,6)/b2-1+;;. The van der Waals surface area contributed by atoms with E-state index < -0.39 is 24.0 Å². The third-order valence-corrected chi connectivity index (χ3v) is 1.25. The molecular weight excluding hydrogens is 272 g/mol. The van der Waals surface area contributed by atoms with Crippen LogP contribution in [0.15, 0.2) is 12.2 Å². The molecule has 0 aromatic carbocycles. The number of carboxylic acid groups (broad SMARTS) is 2. The second-order valence-electron chi connectivity index (χ2n) is 3.48. The van der Waals surface area contributed by atoms with E-state index in [9.17, 15) is 19.2 Å². The van der Waals surface area contributed by atoms with Gasteiger partial charge in [-0.1, -0.05) is 0 Å². The summed E-state index contributed by atoms with van der Waals surface area (Å²) in [5, 5.41) is 15.6. The first-order valence-corrected chi connectivity index (χ1v) is 4.99. The van der Waals surface area contributed by atoms with Gasteiger partial charge in [-0.2, -0.15) is 0 Å². The highest BCUT2D eigenvalue weighted by atomic mass is 16.4. The van der Waals surface area contributed by atoms with E-state index in [1.54, 1.807) is 28.2 Å². The van der Waals surface area contributed by atoms with E-state index in [0.717, 1.165) is 0 Å². The van der Waals surface area contributed by atoms with Crippen LogP contribution in [0, 0.1) is 0 Å². The minimum absolute atomic E-state index is 0.407. The van der Waals surface area contributed by atoms with Gasteiger partial charge < -0.3 is 31.5 Å². The summed E-state index contributed by atoms with van der Waals surface area (Å²) < 4.78 is 0. The average Bonchev–Trinajstić information content (AvgIpc) is 2.27. The zero-order valence-electron chi connectivity index (χ0n) is 11.7. The number of nitrogens with two attached hydrogens (primary N) is 2. The summed E-state index contributed by atoms with van der Waals surface area (Å²) in [6.07, 6.45) is 1.12. The van der Waals surface area contributed by atoms with Crippen LogP contribution in [0.5, 0.6) is 0 Å². The van der Waals surface area contributed by atoms with Gasteiger partial charge in [0.15, 0.2) is 0 Å². The number of aliphatic carboxylic acids is 2. The number of hydrogen-bond donors (Lipinski definition) is 4. The Kier molecular flexibility index (Phi) is 14.2. The van der Waals surface area contributed by atoms with Crippen LogP contribution in [0.2, 0.25) is 0 Å². The van der Waals surface area contributed by atoms with Crippen molar-refractivity contribution in [1.82, 2.24) is 9.80 Å². The number of carbonyl (C=O) groups is 4. The molecule has 0 heterocycles. The van der Waals surface area contributed by atoms with Crippen LogP contribution in [-0.4, -0.2) is 72.2 Å². The minimum Gasteiger partial charge on any atom is -0.478 e. The van der Waals surface area contributed by atoms with Gasteiger partial charge in [-0.15, -0.1) is 0 Å². The molecule has 0 aromatic heterocycles. The predicted octanol–water partition coefficient (Wildman–Crippen LogP) is -1.03. The summed E-state index contributed by atoms with van der Waals surface area (Å²) in [4.78, 5) is 41.4. The van der Waals surface area contributed by atoms with Crippen molar-refractivity contribution in [2.45, 2.75) is 0 Å². The van der Waals surface area contributed by atoms with E-state index in [1.165, 1.54) is 9.80 Å². The Bertz CT molecular complexity index is 331. The Morgan fingerprint density at radius 2 is 0.900 bits per heavy atom. The van der Waals surface area contributed by atoms with E-state index in [4.69, 9.17) is 21.7 Å². The SMILES string of the molecule is CN(C)C(N)=O.CN(C)C(N)=O.O=C(O)/C=C/C(=O)O. The minimum atomic E-state index is -1.26. The predicted molar refractivity (Wildman–Crippen MR) is 71.0 cm³/mol. The van der Waals surface area contributed by atoms with Crippen molar-refractivity contribution in [2.24, 2.45) is 11.5 Å². The molecule has 0 aromatic rings. The zero-order valence-corrected chi connectivity index (χ0v) is 11.7. The van der Waals surface area contributed by atoms with Gasteiger partial charge in [-0.25, -0.2) is 19.2 Å². The van der Waals surface area contributed by atoms with E-state index in [1.807, 2.05) is 0 Å². The Labute approximate surface area is 116 Å². The molecule has 0 aliphatic carbocycles. The Balaban J connectivity index is -0.000000221. The van der Waals surface area contributed by atoms with Crippen molar-refractivity contribution in [3.8, 4) is 0 Å². The maximum absolute atomic E-state index is 9.85. The van der Waals surface area contributed by atoms with Crippen molar-refractivity contribution in [1.29, 1.82) is 0 Å². The van der Waals surface area contributed by atoms with Crippen molar-refractivity contribution in [2.75, 3.05) is 28.2 Å². The fraction of sp³-hybridized carbons (Fsp3) is 0.400. The normalized spacial score (nSPS) is 8.40. The van der Waals surface area contributed by atoms with Crippen LogP contribution in [0.1, 0.15) is 0 Å². The van der Waals surface area contributed by atoms with Crippen LogP contribution in [-0.2, 0) is 9.59 Å². The summed E-state index contributed by atoms with van der Waals surface area (Å²) in [5.41, 5.74) is 9.44. The van der Waals surface area contributed by atoms with Gasteiger partial charge >= 0.3 is 24.0 Å². The zero-order chi connectivity index (χ0) is 16.9. The highest BCUT2D eigenvalue weighted by Crippen LogP contribution is 1.70. The van der Waals surface area contributed by atoms with Gasteiger partial charge in [-0.3, -0.25) is 0 Å². The number of carboxylic acids is 2. The van der Waals surface area contributed by atoms with Gasteiger partial charge in [-0.05, 0) is 0 Å². The Morgan fingerprint density at radius 3 is 0.950 bits per heavy atom. The van der Waals surface area contributed by atoms with Crippen molar-refractivity contribution >= 4 is 24.0 Å². The van der Waals surface area contributed by atoms with Gasteiger partial charge in [0.05, 0.1) is 0 Å². The van der Waals surface area contributed by atoms with Gasteiger partial charge in [0.1, 0.15) is 0 Å². The number of hydrogen-bond acceptors (Lipinski definition) is 4. The van der Waals surface area contributed by atoms with Crippen LogP contribution >= 0.6 is 0 Å². The fourth-order valence-corrected chi connectivity index (χ4v) is 0.143. The molecular formula is C10H20N4O6. The van der Waals surface area contributed by atoms with E-state index >= 15 is 0 Å². The summed E-state index contributed by atoms with van der Waals surface area (Å²) in [5.74, 6) is -2.51. The fourth-order valence-electron chi connectivity index (χ4n) is 0.143. The largest absolute Gasteiger partial charge is 0.478 e. The molecule has 0 fully saturated rings. The van der Waals surface area contributed by atoms with Crippen molar-refractivity contribution in [3.63, 3.8) is 0 Å². The van der Waals surface area contributed by atoms with Gasteiger partial charge in [0, 0.05) is 40.3 Å². The molecule has 0 radical (unpaired) electrons. The maximum Gasteiger partial charge on any atom is 0.328 e. The number of rotatable bonds is 2. The van der Waals surface area contributed by atoms with Gasteiger partial charge in [0.25, 0.3) is 0 Å². The maximum atomic E-state index is 9.85. The third-order valence-electron chi connectivity index (χ3n) is 1.25. The Morgan fingerprint density at radius 1 is 0.750 bits per heavy atom. The molecule has 0 rings (SSSR count). The van der Waals surface area contributed by atoms with Crippen molar-refractivity contribution < 1.29 is 29.4 Å². The molecule has 0 atom stereocenters. The first-order valence-electron chi connectivity index (χ1n) is 4.99. The molecule has 116 valence electrons. The second kappa shape index (κ2) is 12.7. The molecule has 0 saturated carbocycles. The molecule has 0 unspecified atom stereocenters. The van der Waals surface area contributed by atoms with Crippen molar-refractivity contribution in [3.05, 3.63) is 12.2 Å². The highest BCUT2D eigenvalue weighted by molar-refractivity contribution is 5.89. The topological polar surface area (TPSA) is 167 Å². The van der Waals surface area contributed by atoms with Gasteiger partial charge in [0.2, 0.25) is 0 Å². The van der Waals surface area contributed by atoms with Crippen LogP contribution in [0.25, 0.3) is 0 Å². The molecule has 6 N–H and O–H groups in total. The lowest BCUT2D eigenvalue weighted by molar-refractivity contribution is -0.134. The van der Waals surface area contributed by atoms with Crippen LogP contribution in [0.3, 0.4) is 0 Å². The Hall–Kier alpha value is -2.78. The summed E-state index contributed by atoms with van der Waals surface area (Å²) in [6, 6.07) is -0.815. The second-order valence-corrected chi connectivity index (χ2v) is 3.48. The molecule has 10 heteroatoms. The molecule has 0 aliphatic rings. The number of urea groups is 2. The molecule has 0 saturated heterocycles. The smallest absolute Gasteiger partial charge is 0.328 e. The molecule has 0 spiro atoms. The quantitative estimate of drug-likeness (QED) is 0.474. The summed E-state index contributed by atoms with van der Waals surface area (Å²) >= 11 is 0. The number of primary amides is 2. The van der Waals surface area contributed by atoms with Crippen LogP contribution < -0.4 is 11.5 Å². The lowest BCUT2D eigenvalue weighted by Crippen LogP contribution is -2.27.